The van der Waals surface area contributed by atoms with Crippen LogP contribution in [0.25, 0.3) is 33.5 Å². The van der Waals surface area contributed by atoms with E-state index in [4.69, 9.17) is 14.4 Å². The maximum Gasteiger partial charge on any atom is 0.225 e. The van der Waals surface area contributed by atoms with Crippen LogP contribution in [-0.2, 0) is 0 Å². The Bertz CT molecular complexity index is 1440. The fourth-order valence-corrected chi connectivity index (χ4v) is 4.47. The average molecular weight is 473 g/mol. The van der Waals surface area contributed by atoms with E-state index in [2.05, 4.69) is 25.8 Å². The molecule has 1 saturated heterocycles. The molecule has 1 aliphatic heterocycles. The molecule has 1 aliphatic rings. The molecule has 34 heavy (non-hydrogen) atoms. The van der Waals surface area contributed by atoms with Gasteiger partial charge in [0.25, 0.3) is 0 Å². The van der Waals surface area contributed by atoms with Crippen LogP contribution in [-0.4, -0.2) is 46.1 Å². The Morgan fingerprint density at radius 1 is 0.735 bits per heavy atom. The molecule has 0 spiro atoms. The van der Waals surface area contributed by atoms with Crippen LogP contribution in [0.3, 0.4) is 0 Å². The Morgan fingerprint density at radius 3 is 2.12 bits per heavy atom. The van der Waals surface area contributed by atoms with Crippen LogP contribution in [0, 0.1) is 13.8 Å². The van der Waals surface area contributed by atoms with Crippen molar-refractivity contribution in [2.75, 3.05) is 36.0 Å². The molecule has 0 aliphatic carbocycles. The van der Waals surface area contributed by atoms with Gasteiger partial charge in [0.05, 0.1) is 0 Å². The third kappa shape index (κ3) is 3.92. The second-order valence-corrected chi connectivity index (χ2v) is 8.44. The number of aryl methyl sites for hydroxylation is 2. The van der Waals surface area contributed by atoms with Crippen LogP contribution < -0.4 is 9.80 Å². The quantitative estimate of drug-likeness (QED) is 0.357. The highest BCUT2D eigenvalue weighted by atomic mass is 35.5. The second kappa shape index (κ2) is 8.91. The van der Waals surface area contributed by atoms with Crippen molar-refractivity contribution in [3.63, 3.8) is 0 Å². The number of aromatic nitrogens is 4. The van der Waals surface area contributed by atoms with Gasteiger partial charge in [-0.3, -0.25) is 0 Å². The summed E-state index contributed by atoms with van der Waals surface area (Å²) in [6.07, 6.45) is 0. The molecule has 4 heterocycles. The first-order valence-corrected chi connectivity index (χ1v) is 11.2. The van der Waals surface area contributed by atoms with Gasteiger partial charge < -0.3 is 14.2 Å². The largest absolute Gasteiger partial charge is 0.450 e. The fourth-order valence-electron chi connectivity index (χ4n) is 4.47. The summed E-state index contributed by atoms with van der Waals surface area (Å²) in [6, 6.07) is 20.2. The van der Waals surface area contributed by atoms with Crippen molar-refractivity contribution in [1.29, 1.82) is 0 Å². The zero-order valence-electron chi connectivity index (χ0n) is 19.1. The molecule has 0 bridgehead atoms. The van der Waals surface area contributed by atoms with E-state index in [1.807, 2.05) is 68.4 Å². The molecule has 0 unspecified atom stereocenters. The van der Waals surface area contributed by atoms with Crippen LogP contribution in [0.15, 0.2) is 65.1 Å². The van der Waals surface area contributed by atoms with Gasteiger partial charge in [-0.25, -0.2) is 19.9 Å². The van der Waals surface area contributed by atoms with E-state index in [9.17, 15) is 0 Å². The highest BCUT2D eigenvalue weighted by Gasteiger charge is 2.25. The lowest BCUT2D eigenvalue weighted by atomic mass is 10.2. The number of benzene rings is 2. The number of piperazine rings is 1. The normalized spacial score (nSPS) is 13.9. The van der Waals surface area contributed by atoms with Crippen molar-refractivity contribution < 1.29 is 4.42 Å². The molecule has 0 amide bonds. The molecule has 172 valence electrons. The van der Waals surface area contributed by atoms with Gasteiger partial charge in [-0.1, -0.05) is 42.5 Å². The maximum absolute atomic E-state index is 6.27. The van der Waals surface area contributed by atoms with Crippen molar-refractivity contribution >= 4 is 46.2 Å². The maximum atomic E-state index is 6.27. The predicted octanol–water partition coefficient (Wildman–Crippen LogP) is 5.20. The zero-order valence-corrected chi connectivity index (χ0v) is 19.9. The summed E-state index contributed by atoms with van der Waals surface area (Å²) in [4.78, 5) is 23.7. The lowest BCUT2D eigenvalue weighted by Crippen LogP contribution is -2.47. The van der Waals surface area contributed by atoms with Crippen LogP contribution in [0.2, 0.25) is 0 Å². The molecular formula is C26H25ClN6O. The van der Waals surface area contributed by atoms with Crippen molar-refractivity contribution in [1.82, 2.24) is 19.9 Å². The molecule has 5 aromatic rings. The second-order valence-electron chi connectivity index (χ2n) is 8.44. The highest BCUT2D eigenvalue weighted by Crippen LogP contribution is 2.35. The van der Waals surface area contributed by atoms with Crippen molar-refractivity contribution in [2.24, 2.45) is 0 Å². The number of anilines is 2. The molecule has 0 N–H and O–H groups in total. The van der Waals surface area contributed by atoms with Crippen LogP contribution in [0.4, 0.5) is 11.8 Å². The average Bonchev–Trinajstić information content (AvgIpc) is 3.22. The Kier molecular flexibility index (Phi) is 5.79. The predicted molar refractivity (Wildman–Crippen MR) is 138 cm³/mol. The van der Waals surface area contributed by atoms with Crippen LogP contribution in [0.5, 0.6) is 0 Å². The molecule has 7 nitrogen and oxygen atoms in total. The number of rotatable bonds is 3. The highest BCUT2D eigenvalue weighted by molar-refractivity contribution is 6.06. The van der Waals surface area contributed by atoms with E-state index >= 15 is 0 Å². The Morgan fingerprint density at radius 2 is 1.38 bits per heavy atom. The van der Waals surface area contributed by atoms with Gasteiger partial charge in [-0.05, 0) is 32.0 Å². The summed E-state index contributed by atoms with van der Waals surface area (Å²) in [5.74, 6) is 2.36. The van der Waals surface area contributed by atoms with E-state index in [1.54, 1.807) is 0 Å². The van der Waals surface area contributed by atoms with E-state index in [1.165, 1.54) is 0 Å². The lowest BCUT2D eigenvalue weighted by molar-refractivity contribution is 0.620. The number of hydrogen-bond acceptors (Lipinski definition) is 7. The van der Waals surface area contributed by atoms with Gasteiger partial charge in [0.2, 0.25) is 5.95 Å². The minimum Gasteiger partial charge on any atom is -0.450 e. The molecule has 1 fully saturated rings. The summed E-state index contributed by atoms with van der Waals surface area (Å²) < 4.78 is 6.27. The summed E-state index contributed by atoms with van der Waals surface area (Å²) in [7, 11) is 0. The minimum atomic E-state index is 0. The Labute approximate surface area is 203 Å². The smallest absolute Gasteiger partial charge is 0.225 e. The summed E-state index contributed by atoms with van der Waals surface area (Å²) in [5, 5.41) is 1.01. The van der Waals surface area contributed by atoms with Gasteiger partial charge >= 0.3 is 0 Å². The number of nitrogens with zero attached hydrogens (tertiary/aromatic N) is 6. The monoisotopic (exact) mass is 472 g/mol. The molecular weight excluding hydrogens is 448 g/mol. The molecule has 0 radical (unpaired) electrons. The summed E-state index contributed by atoms with van der Waals surface area (Å²) in [5.41, 5.74) is 5.41. The first-order chi connectivity index (χ1) is 16.2. The van der Waals surface area contributed by atoms with Gasteiger partial charge in [0, 0.05) is 48.5 Å². The molecule has 0 saturated carbocycles. The third-order valence-corrected chi connectivity index (χ3v) is 6.07. The molecule has 0 atom stereocenters. The van der Waals surface area contributed by atoms with Gasteiger partial charge in [-0.15, -0.1) is 12.4 Å². The minimum absolute atomic E-state index is 0. The number of hydrogen-bond donors (Lipinski definition) is 0. The number of halogens is 1. The van der Waals surface area contributed by atoms with E-state index in [-0.39, 0.29) is 12.4 Å². The van der Waals surface area contributed by atoms with Gasteiger partial charge in [-0.2, -0.15) is 0 Å². The van der Waals surface area contributed by atoms with Gasteiger partial charge in [0.15, 0.2) is 17.2 Å². The van der Waals surface area contributed by atoms with Gasteiger partial charge in [0.1, 0.15) is 11.1 Å². The summed E-state index contributed by atoms with van der Waals surface area (Å²) >= 11 is 0. The van der Waals surface area contributed by atoms with Crippen molar-refractivity contribution in [3.05, 3.63) is 72.1 Å². The SMILES string of the molecule is Cc1cc(C)nc(N2CCN(c3nc(-c4ccccc4)nc4c3oc3ccccc34)CC2)n1.Cl. The van der Waals surface area contributed by atoms with E-state index < -0.39 is 0 Å². The van der Waals surface area contributed by atoms with E-state index in [0.29, 0.717) is 5.82 Å². The number of para-hydroxylation sites is 1. The lowest BCUT2D eigenvalue weighted by Gasteiger charge is -2.35. The molecule has 8 heteroatoms. The zero-order chi connectivity index (χ0) is 22.4. The van der Waals surface area contributed by atoms with E-state index in [0.717, 1.165) is 77.0 Å². The topological polar surface area (TPSA) is 71.2 Å². The fraction of sp³-hybridized carbons (Fsp3) is 0.231. The summed E-state index contributed by atoms with van der Waals surface area (Å²) in [6.45, 7) is 7.25. The van der Waals surface area contributed by atoms with Crippen LogP contribution in [0.1, 0.15) is 11.4 Å². The van der Waals surface area contributed by atoms with Crippen LogP contribution >= 0.6 is 12.4 Å². The number of furan rings is 1. The molecule has 3 aromatic heterocycles. The first kappa shape index (κ1) is 22.1. The molecule has 6 rings (SSSR count). The number of fused-ring (bicyclic) bond motifs is 3. The van der Waals surface area contributed by atoms with Crippen molar-refractivity contribution in [3.8, 4) is 11.4 Å². The first-order valence-electron chi connectivity index (χ1n) is 11.2. The Balaban J connectivity index is 0.00000241. The third-order valence-electron chi connectivity index (χ3n) is 6.07. The Hall–Kier alpha value is -3.71. The molecule has 2 aromatic carbocycles. The standard InChI is InChI=1S/C26H24N6O.ClH/c1-17-16-18(2)28-26(27-17)32-14-12-31(13-15-32)25-23-22(20-10-6-7-11-21(20)33-23)29-24(30-25)19-8-4-3-5-9-19;/h3-11,16H,12-15H2,1-2H3;1H. The van der Waals surface area contributed by atoms with Crippen molar-refractivity contribution in [2.45, 2.75) is 13.8 Å².